The van der Waals surface area contributed by atoms with Gasteiger partial charge in [-0.3, -0.25) is 9.59 Å². The Labute approximate surface area is 186 Å². The zero-order chi connectivity index (χ0) is 22.5. The largest absolute Gasteiger partial charge is 0.481 e. The van der Waals surface area contributed by atoms with E-state index in [2.05, 4.69) is 0 Å². The third-order valence-corrected chi connectivity index (χ3v) is 5.73. The van der Waals surface area contributed by atoms with E-state index in [0.717, 1.165) is 33.9 Å². The zero-order valence-electron chi connectivity index (χ0n) is 17.4. The fraction of sp³-hybridized carbons (Fsp3) is 0.185. The van der Waals surface area contributed by atoms with Crippen LogP contribution < -0.4 is 0 Å². The van der Waals surface area contributed by atoms with Crippen molar-refractivity contribution < 1.29 is 23.8 Å². The molecule has 4 nitrogen and oxygen atoms in total. The molecule has 0 aliphatic heterocycles. The minimum Gasteiger partial charge on any atom is -0.481 e. The molecule has 3 aromatic carbocycles. The lowest BCUT2D eigenvalue weighted by atomic mass is 9.96. The molecule has 0 unspecified atom stereocenters. The van der Waals surface area contributed by atoms with Crippen molar-refractivity contribution in [1.29, 1.82) is 0 Å². The van der Waals surface area contributed by atoms with Gasteiger partial charge in [0.1, 0.15) is 18.4 Å². The Bertz CT molecular complexity index is 1110. The van der Waals surface area contributed by atoms with Gasteiger partial charge in [-0.2, -0.15) is 0 Å². The van der Waals surface area contributed by atoms with Crippen molar-refractivity contribution in [2.24, 2.45) is 5.92 Å². The second kappa shape index (κ2) is 9.60. The van der Waals surface area contributed by atoms with Crippen LogP contribution in [0, 0.1) is 5.92 Å². The summed E-state index contributed by atoms with van der Waals surface area (Å²) in [6.45, 7) is 0.0877. The number of hydrogen-bond donors (Lipinski definition) is 1. The highest BCUT2D eigenvalue weighted by molar-refractivity contribution is 5.80. The number of carbonyl (C=O) groups excluding carboxylic acids is 1. The lowest BCUT2D eigenvalue weighted by molar-refractivity contribution is -0.148. The van der Waals surface area contributed by atoms with E-state index in [1.54, 1.807) is 12.1 Å². The van der Waals surface area contributed by atoms with Crippen LogP contribution >= 0.6 is 0 Å². The van der Waals surface area contributed by atoms with E-state index in [9.17, 15) is 14.0 Å². The summed E-state index contributed by atoms with van der Waals surface area (Å²) in [5, 5.41) is 8.88. The predicted molar refractivity (Wildman–Crippen MR) is 120 cm³/mol. The zero-order valence-corrected chi connectivity index (χ0v) is 17.4. The van der Waals surface area contributed by atoms with E-state index in [1.807, 2.05) is 66.7 Å². The molecule has 0 fully saturated rings. The third kappa shape index (κ3) is 4.62. The Hall–Kier alpha value is -3.73. The Kier molecular flexibility index (Phi) is 6.45. The van der Waals surface area contributed by atoms with Gasteiger partial charge in [-0.15, -0.1) is 0 Å². The summed E-state index contributed by atoms with van der Waals surface area (Å²) in [6, 6.07) is 25.0. The van der Waals surface area contributed by atoms with Gasteiger partial charge in [0.05, 0.1) is 6.42 Å². The molecule has 0 aromatic heterocycles. The molecular formula is C27H23FO4. The number of carbonyl (C=O) groups is 2. The van der Waals surface area contributed by atoms with E-state index in [-0.39, 0.29) is 18.9 Å². The number of ether oxygens (including phenoxy) is 1. The first kappa shape index (κ1) is 21.5. The second-order valence-electron chi connectivity index (χ2n) is 7.79. The normalized spacial score (nSPS) is 13.8. The summed E-state index contributed by atoms with van der Waals surface area (Å²) in [5.41, 5.74) is 5.13. The predicted octanol–water partition coefficient (Wildman–Crippen LogP) is 5.53. The molecule has 1 aliphatic carbocycles. The SMILES string of the molecule is O=C(O)C/C=C(\F)[C@@H](Cc1ccccc1)C(=O)OCC1c2ccccc2-c2ccccc21. The van der Waals surface area contributed by atoms with Crippen molar-refractivity contribution >= 4 is 11.9 Å². The fourth-order valence-electron chi connectivity index (χ4n) is 4.18. The molecular weight excluding hydrogens is 407 g/mol. The second-order valence-corrected chi connectivity index (χ2v) is 7.79. The molecule has 1 atom stereocenters. The van der Waals surface area contributed by atoms with Crippen molar-refractivity contribution in [2.45, 2.75) is 18.8 Å². The highest BCUT2D eigenvalue weighted by Crippen LogP contribution is 2.44. The van der Waals surface area contributed by atoms with Gasteiger partial charge < -0.3 is 9.84 Å². The first-order valence-corrected chi connectivity index (χ1v) is 10.5. The molecule has 0 radical (unpaired) electrons. The monoisotopic (exact) mass is 430 g/mol. The van der Waals surface area contributed by atoms with E-state index in [1.165, 1.54) is 0 Å². The minimum absolute atomic E-state index is 0.0877. The molecule has 1 aliphatic rings. The third-order valence-electron chi connectivity index (χ3n) is 5.73. The van der Waals surface area contributed by atoms with Crippen LogP contribution in [0.4, 0.5) is 4.39 Å². The highest BCUT2D eigenvalue weighted by Gasteiger charge is 2.31. The number of aliphatic carboxylic acids is 1. The van der Waals surface area contributed by atoms with Crippen molar-refractivity contribution in [3.05, 3.63) is 107 Å². The van der Waals surface area contributed by atoms with Gasteiger partial charge in [0.15, 0.2) is 0 Å². The van der Waals surface area contributed by atoms with Crippen molar-refractivity contribution in [3.63, 3.8) is 0 Å². The van der Waals surface area contributed by atoms with Crippen LogP contribution in [-0.2, 0) is 20.7 Å². The van der Waals surface area contributed by atoms with Crippen LogP contribution in [0.5, 0.6) is 0 Å². The molecule has 3 aromatic rings. The van der Waals surface area contributed by atoms with Gasteiger partial charge in [-0.05, 0) is 40.3 Å². The molecule has 32 heavy (non-hydrogen) atoms. The summed E-state index contributed by atoms with van der Waals surface area (Å²) in [7, 11) is 0. The van der Waals surface area contributed by atoms with Crippen LogP contribution in [0.15, 0.2) is 90.8 Å². The number of hydrogen-bond acceptors (Lipinski definition) is 3. The number of rotatable bonds is 8. The summed E-state index contributed by atoms with van der Waals surface area (Å²) in [6.07, 6.45) is 0.546. The number of halogens is 1. The average Bonchev–Trinajstić information content (AvgIpc) is 3.14. The Balaban J connectivity index is 1.54. The lowest BCUT2D eigenvalue weighted by Crippen LogP contribution is -2.23. The van der Waals surface area contributed by atoms with E-state index >= 15 is 0 Å². The lowest BCUT2D eigenvalue weighted by Gasteiger charge is -2.18. The van der Waals surface area contributed by atoms with Crippen LogP contribution in [-0.4, -0.2) is 23.7 Å². The minimum atomic E-state index is -1.19. The van der Waals surface area contributed by atoms with Crippen LogP contribution in [0.25, 0.3) is 11.1 Å². The molecule has 162 valence electrons. The maximum atomic E-state index is 14.8. The molecule has 0 heterocycles. The van der Waals surface area contributed by atoms with Crippen LogP contribution in [0.2, 0.25) is 0 Å². The van der Waals surface area contributed by atoms with Crippen molar-refractivity contribution in [3.8, 4) is 11.1 Å². The molecule has 5 heteroatoms. The first-order chi connectivity index (χ1) is 15.5. The van der Waals surface area contributed by atoms with Gasteiger partial charge in [-0.1, -0.05) is 78.9 Å². The Morgan fingerprint density at radius 1 is 0.906 bits per heavy atom. The summed E-state index contributed by atoms with van der Waals surface area (Å²) >= 11 is 0. The molecule has 0 saturated carbocycles. The van der Waals surface area contributed by atoms with Gasteiger partial charge in [-0.25, -0.2) is 4.39 Å². The van der Waals surface area contributed by atoms with E-state index in [0.29, 0.717) is 0 Å². The molecule has 0 bridgehead atoms. The summed E-state index contributed by atoms with van der Waals surface area (Å²) in [5.74, 6) is -3.96. The van der Waals surface area contributed by atoms with Gasteiger partial charge in [0.25, 0.3) is 0 Å². The summed E-state index contributed by atoms with van der Waals surface area (Å²) in [4.78, 5) is 23.8. The number of fused-ring (bicyclic) bond motifs is 3. The quantitative estimate of drug-likeness (QED) is 0.478. The molecule has 4 rings (SSSR count). The van der Waals surface area contributed by atoms with E-state index < -0.39 is 30.1 Å². The maximum Gasteiger partial charge on any atom is 0.316 e. The molecule has 0 spiro atoms. The average molecular weight is 430 g/mol. The topological polar surface area (TPSA) is 63.6 Å². The molecule has 0 amide bonds. The van der Waals surface area contributed by atoms with E-state index in [4.69, 9.17) is 9.84 Å². The smallest absolute Gasteiger partial charge is 0.316 e. The van der Waals surface area contributed by atoms with Crippen LogP contribution in [0.1, 0.15) is 29.0 Å². The number of esters is 1. The first-order valence-electron chi connectivity index (χ1n) is 10.5. The van der Waals surface area contributed by atoms with Gasteiger partial charge in [0.2, 0.25) is 0 Å². The highest BCUT2D eigenvalue weighted by atomic mass is 19.1. The fourth-order valence-corrected chi connectivity index (χ4v) is 4.18. The molecule has 0 saturated heterocycles. The Morgan fingerprint density at radius 2 is 1.47 bits per heavy atom. The standard InChI is InChI=1S/C27H23FO4/c28-25(14-15-26(29)30)23(16-18-8-2-1-3-9-18)27(31)32-17-24-21-12-6-4-10-19(21)20-11-5-7-13-22(20)24/h1-14,23-24H,15-17H2,(H,29,30)/b25-14-/t23-/m1/s1. The van der Waals surface area contributed by atoms with Crippen molar-refractivity contribution in [2.75, 3.05) is 6.61 Å². The van der Waals surface area contributed by atoms with Crippen molar-refractivity contribution in [1.82, 2.24) is 0 Å². The summed E-state index contributed by atoms with van der Waals surface area (Å²) < 4.78 is 20.5. The van der Waals surface area contributed by atoms with Gasteiger partial charge in [0, 0.05) is 5.92 Å². The number of benzene rings is 3. The van der Waals surface area contributed by atoms with Gasteiger partial charge >= 0.3 is 11.9 Å². The maximum absolute atomic E-state index is 14.8. The number of carboxylic acids is 1. The van der Waals surface area contributed by atoms with Crippen LogP contribution in [0.3, 0.4) is 0 Å². The number of carboxylic acid groups (broad SMARTS) is 1. The molecule has 1 N–H and O–H groups in total. The Morgan fingerprint density at radius 3 is 2.06 bits per heavy atom.